The van der Waals surface area contributed by atoms with Crippen molar-refractivity contribution in [1.29, 1.82) is 0 Å². The van der Waals surface area contributed by atoms with Crippen molar-refractivity contribution in [2.45, 2.75) is 39.0 Å². The summed E-state index contributed by atoms with van der Waals surface area (Å²) in [7, 11) is 0. The molecule has 0 aromatic carbocycles. The number of Topliss-reactive ketones (excluding diaryl/α,β-unsaturated/α-hetero) is 1. The van der Waals surface area contributed by atoms with Gasteiger partial charge in [-0.05, 0) is 31.3 Å². The molecule has 1 heteroatoms. The molecular weight excluding hydrogens is 124 g/mol. The van der Waals surface area contributed by atoms with Gasteiger partial charge in [-0.15, -0.1) is 0 Å². The largest absolute Gasteiger partial charge is 0.295 e. The van der Waals surface area contributed by atoms with Crippen LogP contribution < -0.4 is 0 Å². The quantitative estimate of drug-likeness (QED) is 0.573. The normalized spacial score (nSPS) is 18.3. The van der Waals surface area contributed by atoms with Gasteiger partial charge in [-0.25, -0.2) is 0 Å². The van der Waals surface area contributed by atoms with Gasteiger partial charge in [0, 0.05) is 6.42 Å². The summed E-state index contributed by atoms with van der Waals surface area (Å²) >= 11 is 0. The third kappa shape index (κ3) is 1.69. The third-order valence-corrected chi connectivity index (χ3v) is 1.97. The summed E-state index contributed by atoms with van der Waals surface area (Å²) in [6, 6.07) is 0. The van der Waals surface area contributed by atoms with Crippen LogP contribution in [0.25, 0.3) is 0 Å². The van der Waals surface area contributed by atoms with Crippen LogP contribution in [0.4, 0.5) is 0 Å². The van der Waals surface area contributed by atoms with E-state index in [2.05, 4.69) is 6.08 Å². The molecule has 0 saturated heterocycles. The van der Waals surface area contributed by atoms with E-state index < -0.39 is 0 Å². The second kappa shape index (κ2) is 3.55. The lowest BCUT2D eigenvalue weighted by Crippen LogP contribution is -2.03. The average molecular weight is 138 g/mol. The van der Waals surface area contributed by atoms with E-state index >= 15 is 0 Å². The Balaban J connectivity index is 2.53. The number of ketones is 1. The van der Waals surface area contributed by atoms with E-state index in [1.165, 1.54) is 12.8 Å². The van der Waals surface area contributed by atoms with Crippen molar-refractivity contribution in [3.63, 3.8) is 0 Å². The van der Waals surface area contributed by atoms with Crippen LogP contribution >= 0.6 is 0 Å². The second-order valence-corrected chi connectivity index (χ2v) is 2.75. The molecule has 1 aliphatic rings. The molecule has 0 aromatic rings. The highest BCUT2D eigenvalue weighted by Crippen LogP contribution is 2.18. The van der Waals surface area contributed by atoms with Crippen molar-refractivity contribution in [3.05, 3.63) is 11.6 Å². The Labute approximate surface area is 62.1 Å². The maximum absolute atomic E-state index is 11.1. The molecule has 0 heterocycles. The monoisotopic (exact) mass is 138 g/mol. The van der Waals surface area contributed by atoms with Crippen LogP contribution in [0.5, 0.6) is 0 Å². The van der Waals surface area contributed by atoms with Crippen molar-refractivity contribution in [2.75, 3.05) is 0 Å². The lowest BCUT2D eigenvalue weighted by Gasteiger charge is -2.09. The Morgan fingerprint density at radius 1 is 1.60 bits per heavy atom. The Kier molecular flexibility index (Phi) is 2.67. The minimum Gasteiger partial charge on any atom is -0.295 e. The van der Waals surface area contributed by atoms with Crippen molar-refractivity contribution in [3.8, 4) is 0 Å². The van der Waals surface area contributed by atoms with Crippen LogP contribution in [0.1, 0.15) is 39.0 Å². The number of carbonyl (C=O) groups excluding carboxylic acids is 1. The molecule has 0 radical (unpaired) electrons. The summed E-state index contributed by atoms with van der Waals surface area (Å²) < 4.78 is 0. The highest BCUT2D eigenvalue weighted by atomic mass is 16.1. The molecule has 1 aliphatic carbocycles. The molecule has 0 spiro atoms. The molecule has 0 N–H and O–H groups in total. The van der Waals surface area contributed by atoms with Gasteiger partial charge >= 0.3 is 0 Å². The Bertz CT molecular complexity index is 156. The minimum atomic E-state index is 0.347. The second-order valence-electron chi connectivity index (χ2n) is 2.75. The zero-order chi connectivity index (χ0) is 7.40. The number of allylic oxidation sites excluding steroid dienone is 2. The topological polar surface area (TPSA) is 17.1 Å². The molecule has 10 heavy (non-hydrogen) atoms. The molecule has 0 aliphatic heterocycles. The standard InChI is InChI=1S/C9H14O/c1-2-9(10)8-6-4-3-5-7-8/h6H,2-5,7H2,1H3. The van der Waals surface area contributed by atoms with Crippen molar-refractivity contribution >= 4 is 5.78 Å². The fraction of sp³-hybridized carbons (Fsp3) is 0.667. The van der Waals surface area contributed by atoms with E-state index in [9.17, 15) is 4.79 Å². The van der Waals surface area contributed by atoms with Gasteiger partial charge in [-0.2, -0.15) is 0 Å². The molecule has 1 rings (SSSR count). The average Bonchev–Trinajstić information content (AvgIpc) is 2.05. The van der Waals surface area contributed by atoms with Crippen LogP contribution in [0, 0.1) is 0 Å². The smallest absolute Gasteiger partial charge is 0.158 e. The Morgan fingerprint density at radius 3 is 2.90 bits per heavy atom. The molecule has 0 aromatic heterocycles. The third-order valence-electron chi connectivity index (χ3n) is 1.97. The lowest BCUT2D eigenvalue weighted by atomic mass is 9.95. The number of hydrogen-bond acceptors (Lipinski definition) is 1. The van der Waals surface area contributed by atoms with Crippen LogP contribution in [-0.2, 0) is 4.79 Å². The van der Waals surface area contributed by atoms with Gasteiger partial charge in [0.1, 0.15) is 0 Å². The maximum Gasteiger partial charge on any atom is 0.158 e. The summed E-state index contributed by atoms with van der Waals surface area (Å²) in [5.74, 6) is 0.347. The Hall–Kier alpha value is -0.590. The van der Waals surface area contributed by atoms with Gasteiger partial charge < -0.3 is 0 Å². The number of hydrogen-bond donors (Lipinski definition) is 0. The fourth-order valence-electron chi connectivity index (χ4n) is 1.32. The van der Waals surface area contributed by atoms with Crippen LogP contribution in [0.2, 0.25) is 0 Å². The molecular formula is C9H14O. The van der Waals surface area contributed by atoms with E-state index in [1.54, 1.807) is 0 Å². The lowest BCUT2D eigenvalue weighted by molar-refractivity contribution is -0.115. The van der Waals surface area contributed by atoms with E-state index in [-0.39, 0.29) is 0 Å². The maximum atomic E-state index is 11.1. The van der Waals surface area contributed by atoms with Gasteiger partial charge in [-0.3, -0.25) is 4.79 Å². The summed E-state index contributed by atoms with van der Waals surface area (Å²) in [5.41, 5.74) is 1.08. The van der Waals surface area contributed by atoms with Crippen LogP contribution in [-0.4, -0.2) is 5.78 Å². The van der Waals surface area contributed by atoms with Gasteiger partial charge in [0.2, 0.25) is 0 Å². The molecule has 0 fully saturated rings. The SMILES string of the molecule is CCC(=O)C1=CCCCC1. The first-order chi connectivity index (χ1) is 4.84. The number of rotatable bonds is 2. The summed E-state index contributed by atoms with van der Waals surface area (Å²) in [5, 5.41) is 0. The molecule has 0 atom stereocenters. The van der Waals surface area contributed by atoms with Crippen LogP contribution in [0.3, 0.4) is 0 Å². The number of carbonyl (C=O) groups is 1. The van der Waals surface area contributed by atoms with Crippen molar-refractivity contribution in [1.82, 2.24) is 0 Å². The first-order valence-electron chi connectivity index (χ1n) is 4.07. The summed E-state index contributed by atoms with van der Waals surface area (Å²) in [6.07, 6.45) is 7.38. The van der Waals surface area contributed by atoms with E-state index in [1.807, 2.05) is 6.92 Å². The summed E-state index contributed by atoms with van der Waals surface area (Å²) in [4.78, 5) is 11.1. The zero-order valence-corrected chi connectivity index (χ0v) is 6.52. The molecule has 56 valence electrons. The zero-order valence-electron chi connectivity index (χ0n) is 6.52. The van der Waals surface area contributed by atoms with Crippen molar-refractivity contribution in [2.24, 2.45) is 0 Å². The predicted molar refractivity (Wildman–Crippen MR) is 41.8 cm³/mol. The molecule has 0 unspecified atom stereocenters. The van der Waals surface area contributed by atoms with Gasteiger partial charge in [0.15, 0.2) is 5.78 Å². The first kappa shape index (κ1) is 7.52. The van der Waals surface area contributed by atoms with E-state index in [0.717, 1.165) is 18.4 Å². The van der Waals surface area contributed by atoms with E-state index in [0.29, 0.717) is 12.2 Å². The molecule has 0 amide bonds. The van der Waals surface area contributed by atoms with Gasteiger partial charge in [0.25, 0.3) is 0 Å². The highest BCUT2D eigenvalue weighted by Gasteiger charge is 2.08. The highest BCUT2D eigenvalue weighted by molar-refractivity contribution is 5.95. The van der Waals surface area contributed by atoms with E-state index in [4.69, 9.17) is 0 Å². The molecule has 0 bridgehead atoms. The predicted octanol–water partition coefficient (Wildman–Crippen LogP) is 2.47. The first-order valence-corrected chi connectivity index (χ1v) is 4.07. The molecule has 0 saturated carbocycles. The van der Waals surface area contributed by atoms with Crippen LogP contribution in [0.15, 0.2) is 11.6 Å². The van der Waals surface area contributed by atoms with Crippen molar-refractivity contribution < 1.29 is 4.79 Å². The fourth-order valence-corrected chi connectivity index (χ4v) is 1.32. The van der Waals surface area contributed by atoms with Gasteiger partial charge in [-0.1, -0.05) is 13.0 Å². The molecule has 1 nitrogen and oxygen atoms in total. The summed E-state index contributed by atoms with van der Waals surface area (Å²) in [6.45, 7) is 1.93. The Morgan fingerprint density at radius 2 is 2.40 bits per heavy atom. The minimum absolute atomic E-state index is 0.347. The van der Waals surface area contributed by atoms with Gasteiger partial charge in [0.05, 0.1) is 0 Å².